The summed E-state index contributed by atoms with van der Waals surface area (Å²) in [6.07, 6.45) is 4.06. The molecular weight excluding hydrogens is 374 g/mol. The quantitative estimate of drug-likeness (QED) is 0.392. The molecule has 3 aromatic rings. The lowest BCUT2D eigenvalue weighted by Gasteiger charge is -2.29. The van der Waals surface area contributed by atoms with Crippen LogP contribution < -0.4 is 4.90 Å². The molecule has 158 valence electrons. The summed E-state index contributed by atoms with van der Waals surface area (Å²) < 4.78 is 0. The molecule has 0 spiro atoms. The minimum Gasteiger partial charge on any atom is -0.311 e. The van der Waals surface area contributed by atoms with E-state index >= 15 is 0 Å². The van der Waals surface area contributed by atoms with Gasteiger partial charge in [-0.1, -0.05) is 89.7 Å². The van der Waals surface area contributed by atoms with Gasteiger partial charge in [-0.25, -0.2) is 0 Å². The average molecular weight is 408 g/mol. The monoisotopic (exact) mass is 407 g/mol. The molecule has 0 unspecified atom stereocenters. The van der Waals surface area contributed by atoms with Crippen LogP contribution >= 0.6 is 0 Å². The van der Waals surface area contributed by atoms with E-state index in [1.807, 2.05) is 6.08 Å². The summed E-state index contributed by atoms with van der Waals surface area (Å²) in [5.41, 5.74) is 10.3. The van der Waals surface area contributed by atoms with Crippen molar-refractivity contribution in [2.75, 3.05) is 4.90 Å². The Balaban J connectivity index is 1.85. The first-order valence-corrected chi connectivity index (χ1v) is 11.1. The summed E-state index contributed by atoms with van der Waals surface area (Å²) >= 11 is 0. The predicted molar refractivity (Wildman–Crippen MR) is 135 cm³/mol. The number of nitrogens with zero attached hydrogens (tertiary/aromatic N) is 1. The standard InChI is InChI=1S/C30H33N/c1-8-22(9-2)31(23-16-14-21(15-17-23)29(3,4)5)24-18-19-26-25-12-10-11-13-27(25)30(6,7)28(26)20-24/h8-20H,1H2,2-7H3/b22-9+. The van der Waals surface area contributed by atoms with Crippen molar-refractivity contribution in [3.63, 3.8) is 0 Å². The first-order valence-electron chi connectivity index (χ1n) is 11.1. The summed E-state index contributed by atoms with van der Waals surface area (Å²) in [7, 11) is 0. The van der Waals surface area contributed by atoms with Crippen LogP contribution in [0.5, 0.6) is 0 Å². The van der Waals surface area contributed by atoms with Crippen LogP contribution in [0, 0.1) is 0 Å². The largest absolute Gasteiger partial charge is 0.311 e. The molecule has 0 fully saturated rings. The molecule has 4 rings (SSSR count). The van der Waals surface area contributed by atoms with Gasteiger partial charge in [0.15, 0.2) is 0 Å². The Bertz CT molecular complexity index is 1150. The molecule has 1 aliphatic rings. The molecule has 0 heterocycles. The van der Waals surface area contributed by atoms with Gasteiger partial charge in [-0.15, -0.1) is 0 Å². The maximum absolute atomic E-state index is 4.08. The molecule has 0 bridgehead atoms. The van der Waals surface area contributed by atoms with Crippen LogP contribution in [0.2, 0.25) is 0 Å². The van der Waals surface area contributed by atoms with Gasteiger partial charge in [-0.2, -0.15) is 0 Å². The number of benzene rings is 3. The molecule has 0 aromatic heterocycles. The van der Waals surface area contributed by atoms with Crippen LogP contribution in [0.1, 0.15) is 58.2 Å². The minimum absolute atomic E-state index is 0.0199. The Hall–Kier alpha value is -3.06. The number of allylic oxidation sites excluding steroid dienone is 2. The van der Waals surface area contributed by atoms with Crippen molar-refractivity contribution in [3.05, 3.63) is 108 Å². The maximum Gasteiger partial charge on any atom is 0.0464 e. The number of hydrogen-bond acceptors (Lipinski definition) is 1. The Morgan fingerprint density at radius 3 is 2.06 bits per heavy atom. The van der Waals surface area contributed by atoms with Gasteiger partial charge in [-0.05, 0) is 70.5 Å². The average Bonchev–Trinajstić information content (AvgIpc) is 2.98. The Morgan fingerprint density at radius 1 is 0.839 bits per heavy atom. The van der Waals surface area contributed by atoms with Crippen molar-refractivity contribution >= 4 is 11.4 Å². The highest BCUT2D eigenvalue weighted by molar-refractivity contribution is 5.84. The van der Waals surface area contributed by atoms with Gasteiger partial charge >= 0.3 is 0 Å². The van der Waals surface area contributed by atoms with Crippen LogP contribution in [0.25, 0.3) is 11.1 Å². The Morgan fingerprint density at radius 2 is 1.45 bits per heavy atom. The maximum atomic E-state index is 4.08. The summed E-state index contributed by atoms with van der Waals surface area (Å²) in [5, 5.41) is 0. The van der Waals surface area contributed by atoms with Crippen molar-refractivity contribution in [2.45, 2.75) is 52.4 Å². The third kappa shape index (κ3) is 3.53. The van der Waals surface area contributed by atoms with E-state index < -0.39 is 0 Å². The Labute approximate surface area is 187 Å². The van der Waals surface area contributed by atoms with Gasteiger partial charge in [0.1, 0.15) is 0 Å². The molecule has 3 aromatic carbocycles. The van der Waals surface area contributed by atoms with Crippen LogP contribution in [0.4, 0.5) is 11.4 Å². The SMILES string of the molecule is C=C/C(=C\C)N(c1ccc(C(C)(C)C)cc1)c1ccc2c(c1)C(C)(C)c1ccccc1-2. The molecule has 0 amide bonds. The third-order valence-corrected chi connectivity index (χ3v) is 6.58. The molecular formula is C30H33N. The van der Waals surface area contributed by atoms with E-state index in [1.165, 1.54) is 27.8 Å². The molecule has 0 aliphatic heterocycles. The van der Waals surface area contributed by atoms with Crippen molar-refractivity contribution in [3.8, 4) is 11.1 Å². The number of anilines is 2. The van der Waals surface area contributed by atoms with Crippen LogP contribution in [0.15, 0.2) is 91.2 Å². The smallest absolute Gasteiger partial charge is 0.0464 e. The zero-order valence-corrected chi connectivity index (χ0v) is 19.7. The zero-order chi connectivity index (χ0) is 22.4. The fourth-order valence-electron chi connectivity index (χ4n) is 4.73. The van der Waals surface area contributed by atoms with E-state index in [2.05, 4.69) is 126 Å². The van der Waals surface area contributed by atoms with Gasteiger partial charge in [0.05, 0.1) is 0 Å². The highest BCUT2D eigenvalue weighted by atomic mass is 15.1. The fourth-order valence-corrected chi connectivity index (χ4v) is 4.73. The fraction of sp³-hybridized carbons (Fsp3) is 0.267. The molecule has 0 radical (unpaired) electrons. The topological polar surface area (TPSA) is 3.24 Å². The van der Waals surface area contributed by atoms with Crippen LogP contribution in [0.3, 0.4) is 0 Å². The lowest BCUT2D eigenvalue weighted by atomic mass is 9.82. The number of rotatable bonds is 4. The molecule has 1 aliphatic carbocycles. The van der Waals surface area contributed by atoms with Gasteiger partial charge in [0.25, 0.3) is 0 Å². The van der Waals surface area contributed by atoms with Gasteiger partial charge in [-0.3, -0.25) is 0 Å². The summed E-state index contributed by atoms with van der Waals surface area (Å²) in [5.74, 6) is 0. The van der Waals surface area contributed by atoms with E-state index in [4.69, 9.17) is 0 Å². The van der Waals surface area contributed by atoms with Crippen molar-refractivity contribution in [1.82, 2.24) is 0 Å². The van der Waals surface area contributed by atoms with E-state index in [9.17, 15) is 0 Å². The molecule has 0 saturated carbocycles. The molecule has 0 atom stereocenters. The van der Waals surface area contributed by atoms with E-state index in [1.54, 1.807) is 0 Å². The highest BCUT2D eigenvalue weighted by Gasteiger charge is 2.35. The first kappa shape index (κ1) is 21.2. The third-order valence-electron chi connectivity index (χ3n) is 6.58. The van der Waals surface area contributed by atoms with E-state index in [0.29, 0.717) is 0 Å². The zero-order valence-electron chi connectivity index (χ0n) is 19.7. The summed E-state index contributed by atoms with van der Waals surface area (Å²) in [6.45, 7) is 17.6. The first-order chi connectivity index (χ1) is 14.7. The Kier molecular flexibility index (Phi) is 5.17. The second-order valence-corrected chi connectivity index (χ2v) is 9.95. The van der Waals surface area contributed by atoms with Crippen molar-refractivity contribution in [2.24, 2.45) is 0 Å². The lowest BCUT2D eigenvalue weighted by Crippen LogP contribution is -2.18. The highest BCUT2D eigenvalue weighted by Crippen LogP contribution is 2.50. The number of fused-ring (bicyclic) bond motifs is 3. The van der Waals surface area contributed by atoms with Gasteiger partial charge in [0.2, 0.25) is 0 Å². The minimum atomic E-state index is -0.0199. The van der Waals surface area contributed by atoms with E-state index in [0.717, 1.165) is 17.1 Å². The van der Waals surface area contributed by atoms with E-state index in [-0.39, 0.29) is 10.8 Å². The predicted octanol–water partition coefficient (Wildman–Crippen LogP) is 8.52. The lowest BCUT2D eigenvalue weighted by molar-refractivity contribution is 0.590. The van der Waals surface area contributed by atoms with Crippen molar-refractivity contribution in [1.29, 1.82) is 0 Å². The normalized spacial score (nSPS) is 14.7. The second-order valence-electron chi connectivity index (χ2n) is 9.95. The van der Waals surface area contributed by atoms with Gasteiger partial charge in [0, 0.05) is 22.5 Å². The van der Waals surface area contributed by atoms with Crippen LogP contribution in [-0.4, -0.2) is 0 Å². The molecule has 0 saturated heterocycles. The molecule has 1 heteroatoms. The van der Waals surface area contributed by atoms with Crippen LogP contribution in [-0.2, 0) is 10.8 Å². The summed E-state index contributed by atoms with van der Waals surface area (Å²) in [6, 6.07) is 24.6. The molecule has 0 N–H and O–H groups in total. The molecule has 31 heavy (non-hydrogen) atoms. The number of hydrogen-bond donors (Lipinski definition) is 0. The van der Waals surface area contributed by atoms with Crippen molar-refractivity contribution < 1.29 is 0 Å². The second kappa shape index (κ2) is 7.57. The molecule has 1 nitrogen and oxygen atoms in total. The van der Waals surface area contributed by atoms with Gasteiger partial charge < -0.3 is 4.90 Å². The summed E-state index contributed by atoms with van der Waals surface area (Å²) in [4.78, 5) is 2.30.